The van der Waals surface area contributed by atoms with E-state index < -0.39 is 5.97 Å². The molecule has 0 aliphatic heterocycles. The maximum absolute atomic E-state index is 12.1. The summed E-state index contributed by atoms with van der Waals surface area (Å²) in [6.07, 6.45) is 13.3. The molecule has 0 amide bonds. The lowest BCUT2D eigenvalue weighted by atomic mass is 10.1. The second-order valence-corrected chi connectivity index (χ2v) is 8.03. The van der Waals surface area contributed by atoms with Gasteiger partial charge < -0.3 is 9.47 Å². The molecule has 0 bridgehead atoms. The van der Waals surface area contributed by atoms with E-state index in [9.17, 15) is 9.59 Å². The van der Waals surface area contributed by atoms with Gasteiger partial charge in [0.05, 0.1) is 12.2 Å². The Balaban J connectivity index is 1.75. The van der Waals surface area contributed by atoms with Crippen molar-refractivity contribution in [1.29, 1.82) is 0 Å². The maximum atomic E-state index is 12.1. The molecule has 0 spiro atoms. The molecule has 0 aliphatic carbocycles. The van der Waals surface area contributed by atoms with Crippen molar-refractivity contribution in [3.63, 3.8) is 0 Å². The van der Waals surface area contributed by atoms with Crippen LogP contribution in [0, 0.1) is 0 Å². The lowest BCUT2D eigenvalue weighted by Crippen LogP contribution is -2.06. The number of carbonyl (C=O) groups is 2. The quantitative estimate of drug-likeness (QED) is 0.136. The first-order valence-corrected chi connectivity index (χ1v) is 11.9. The summed E-state index contributed by atoms with van der Waals surface area (Å²) in [5.74, 6) is -0.212. The highest BCUT2D eigenvalue weighted by atomic mass is 16.5. The third-order valence-electron chi connectivity index (χ3n) is 5.25. The third-order valence-corrected chi connectivity index (χ3v) is 5.25. The minimum absolute atomic E-state index is 0.312. The van der Waals surface area contributed by atoms with Gasteiger partial charge in [0.25, 0.3) is 0 Å². The lowest BCUT2D eigenvalue weighted by molar-refractivity contribution is -0.128. The summed E-state index contributed by atoms with van der Waals surface area (Å²) in [7, 11) is 0. The van der Waals surface area contributed by atoms with Crippen molar-refractivity contribution >= 4 is 18.0 Å². The normalized spacial score (nSPS) is 10.9. The van der Waals surface area contributed by atoms with E-state index in [2.05, 4.69) is 13.8 Å². The van der Waals surface area contributed by atoms with Crippen LogP contribution in [0.1, 0.15) is 86.7 Å². The molecule has 32 heavy (non-hydrogen) atoms. The highest BCUT2D eigenvalue weighted by Crippen LogP contribution is 2.15. The zero-order valence-electron chi connectivity index (χ0n) is 19.5. The Morgan fingerprint density at radius 2 is 1.44 bits per heavy atom. The van der Waals surface area contributed by atoms with Crippen LogP contribution in [0.3, 0.4) is 0 Å². The maximum Gasteiger partial charge on any atom is 0.338 e. The second-order valence-electron chi connectivity index (χ2n) is 8.03. The molecule has 4 heteroatoms. The summed E-state index contributed by atoms with van der Waals surface area (Å²) >= 11 is 0. The van der Waals surface area contributed by atoms with Gasteiger partial charge in [-0.15, -0.1) is 0 Å². The fourth-order valence-corrected chi connectivity index (χ4v) is 3.30. The number of ether oxygens (including phenoxy) is 2. The van der Waals surface area contributed by atoms with Gasteiger partial charge in [0, 0.05) is 6.08 Å². The van der Waals surface area contributed by atoms with Crippen LogP contribution in [-0.2, 0) is 16.0 Å². The summed E-state index contributed by atoms with van der Waals surface area (Å²) in [5.41, 5.74) is 2.57. The number of hydrogen-bond donors (Lipinski definition) is 0. The van der Waals surface area contributed by atoms with Crippen LogP contribution >= 0.6 is 0 Å². The van der Waals surface area contributed by atoms with Gasteiger partial charge >= 0.3 is 11.9 Å². The van der Waals surface area contributed by atoms with Crippen LogP contribution in [0.15, 0.2) is 54.6 Å². The molecule has 0 radical (unpaired) electrons. The number of esters is 2. The molecule has 4 nitrogen and oxygen atoms in total. The van der Waals surface area contributed by atoms with Gasteiger partial charge in [-0.25, -0.2) is 9.59 Å². The number of rotatable bonds is 14. The van der Waals surface area contributed by atoms with E-state index in [1.165, 1.54) is 50.2 Å². The summed E-state index contributed by atoms with van der Waals surface area (Å²) in [6.45, 7) is 4.82. The molecule has 0 saturated carbocycles. The Morgan fingerprint density at radius 3 is 2.12 bits per heavy atom. The summed E-state index contributed by atoms with van der Waals surface area (Å²) in [6, 6.07) is 14.7. The van der Waals surface area contributed by atoms with Crippen molar-refractivity contribution in [2.24, 2.45) is 0 Å². The van der Waals surface area contributed by atoms with Crippen molar-refractivity contribution in [3.8, 4) is 5.75 Å². The molecule has 0 saturated heterocycles. The monoisotopic (exact) mass is 436 g/mol. The highest BCUT2D eigenvalue weighted by molar-refractivity contribution is 5.91. The Morgan fingerprint density at radius 1 is 0.781 bits per heavy atom. The minimum Gasteiger partial charge on any atom is -0.462 e. The molecule has 172 valence electrons. The van der Waals surface area contributed by atoms with Gasteiger partial charge in [-0.1, -0.05) is 76.6 Å². The second kappa shape index (κ2) is 15.0. The van der Waals surface area contributed by atoms with Gasteiger partial charge in [-0.2, -0.15) is 0 Å². The summed E-state index contributed by atoms with van der Waals surface area (Å²) in [5, 5.41) is 0. The van der Waals surface area contributed by atoms with Crippen LogP contribution < -0.4 is 4.74 Å². The van der Waals surface area contributed by atoms with Gasteiger partial charge in [-0.05, 0) is 60.7 Å². The van der Waals surface area contributed by atoms with Gasteiger partial charge in [-0.3, -0.25) is 0 Å². The van der Waals surface area contributed by atoms with Crippen molar-refractivity contribution < 1.29 is 19.1 Å². The van der Waals surface area contributed by atoms with Crippen molar-refractivity contribution in [2.45, 2.75) is 71.6 Å². The Labute approximate surface area is 192 Å². The number of aryl methyl sites for hydroxylation is 1. The van der Waals surface area contributed by atoms with E-state index in [0.717, 1.165) is 24.8 Å². The van der Waals surface area contributed by atoms with Crippen molar-refractivity contribution in [2.75, 3.05) is 6.61 Å². The highest BCUT2D eigenvalue weighted by Gasteiger charge is 2.06. The van der Waals surface area contributed by atoms with E-state index in [1.807, 2.05) is 24.3 Å². The number of hydrogen-bond acceptors (Lipinski definition) is 4. The van der Waals surface area contributed by atoms with E-state index >= 15 is 0 Å². The Bertz CT molecular complexity index is 835. The number of carbonyl (C=O) groups excluding carboxylic acids is 2. The molecule has 2 aromatic carbocycles. The zero-order valence-corrected chi connectivity index (χ0v) is 19.5. The van der Waals surface area contributed by atoms with Crippen LogP contribution in [-0.4, -0.2) is 18.5 Å². The standard InChI is InChI=1S/C28H36O4/c1-3-5-7-8-10-22-31-28(30)25-17-12-24(13-18-25)16-21-27(29)32-26-19-14-23(15-20-26)11-9-6-4-2/h12-21H,3-11,22H2,1-2H3. The third kappa shape index (κ3) is 9.95. The fourth-order valence-electron chi connectivity index (χ4n) is 3.30. The van der Waals surface area contributed by atoms with E-state index in [-0.39, 0.29) is 5.97 Å². The topological polar surface area (TPSA) is 52.6 Å². The molecular weight excluding hydrogens is 400 g/mol. The molecule has 2 aromatic rings. The van der Waals surface area contributed by atoms with Crippen molar-refractivity contribution in [3.05, 3.63) is 71.3 Å². The molecular formula is C28H36O4. The smallest absolute Gasteiger partial charge is 0.338 e. The molecule has 0 fully saturated rings. The van der Waals surface area contributed by atoms with Crippen molar-refractivity contribution in [1.82, 2.24) is 0 Å². The molecule has 0 aliphatic rings. The van der Waals surface area contributed by atoms with Crippen LogP contribution in [0.5, 0.6) is 5.75 Å². The molecule has 0 atom stereocenters. The largest absolute Gasteiger partial charge is 0.462 e. The molecule has 0 heterocycles. The first kappa shape index (κ1) is 25.4. The molecule has 0 unspecified atom stereocenters. The van der Waals surface area contributed by atoms with E-state index in [1.54, 1.807) is 30.3 Å². The first-order chi connectivity index (χ1) is 15.6. The van der Waals surface area contributed by atoms with E-state index in [0.29, 0.717) is 17.9 Å². The minimum atomic E-state index is -0.435. The number of benzene rings is 2. The van der Waals surface area contributed by atoms with Crippen LogP contribution in [0.4, 0.5) is 0 Å². The van der Waals surface area contributed by atoms with Crippen LogP contribution in [0.2, 0.25) is 0 Å². The zero-order chi connectivity index (χ0) is 23.0. The molecule has 0 aromatic heterocycles. The van der Waals surface area contributed by atoms with Gasteiger partial charge in [0.1, 0.15) is 5.75 Å². The lowest BCUT2D eigenvalue weighted by Gasteiger charge is -2.05. The summed E-state index contributed by atoms with van der Waals surface area (Å²) in [4.78, 5) is 24.2. The number of unbranched alkanes of at least 4 members (excludes halogenated alkanes) is 6. The summed E-state index contributed by atoms with van der Waals surface area (Å²) < 4.78 is 10.7. The Kier molecular flexibility index (Phi) is 11.9. The predicted molar refractivity (Wildman–Crippen MR) is 130 cm³/mol. The SMILES string of the molecule is CCCCCCCOC(=O)c1ccc(C=CC(=O)Oc2ccc(CCCCC)cc2)cc1. The predicted octanol–water partition coefficient (Wildman–Crippen LogP) is 7.17. The Hall–Kier alpha value is -2.88. The van der Waals surface area contributed by atoms with E-state index in [4.69, 9.17) is 9.47 Å². The molecule has 2 rings (SSSR count). The molecule has 0 N–H and O–H groups in total. The van der Waals surface area contributed by atoms with Gasteiger partial charge in [0.2, 0.25) is 0 Å². The first-order valence-electron chi connectivity index (χ1n) is 11.9. The average molecular weight is 437 g/mol. The van der Waals surface area contributed by atoms with Gasteiger partial charge in [0.15, 0.2) is 0 Å². The van der Waals surface area contributed by atoms with Crippen LogP contribution in [0.25, 0.3) is 6.08 Å². The average Bonchev–Trinajstić information content (AvgIpc) is 2.81. The fraction of sp³-hybridized carbons (Fsp3) is 0.429.